The molecule has 0 amide bonds. The van der Waals surface area contributed by atoms with Gasteiger partial charge in [-0.3, -0.25) is 0 Å². The fraction of sp³-hybridized carbons (Fsp3) is 0.462. The van der Waals surface area contributed by atoms with Crippen LogP contribution in [0.5, 0.6) is 5.75 Å². The van der Waals surface area contributed by atoms with Crippen LogP contribution in [0.25, 0.3) is 10.2 Å². The zero-order valence-electron chi connectivity index (χ0n) is 10.6. The third kappa shape index (κ3) is 3.41. The van der Waals surface area contributed by atoms with E-state index in [1.165, 1.54) is 0 Å². The van der Waals surface area contributed by atoms with Crippen LogP contribution in [0.15, 0.2) is 23.7 Å². The molecule has 0 bridgehead atoms. The van der Waals surface area contributed by atoms with Crippen molar-refractivity contribution in [2.24, 2.45) is 0 Å². The third-order valence-electron chi connectivity index (χ3n) is 2.51. The van der Waals surface area contributed by atoms with Crippen molar-refractivity contribution < 1.29 is 9.84 Å². The fourth-order valence-electron chi connectivity index (χ4n) is 1.59. The summed E-state index contributed by atoms with van der Waals surface area (Å²) in [5.41, 5.74) is 2.74. The lowest BCUT2D eigenvalue weighted by Crippen LogP contribution is -2.35. The molecule has 2 aromatic rings. The highest BCUT2D eigenvalue weighted by molar-refractivity contribution is 7.17. The Labute approximate surface area is 111 Å². The molecule has 0 aliphatic rings. The number of aliphatic hydroxyl groups is 1. The minimum atomic E-state index is -0.504. The summed E-state index contributed by atoms with van der Waals surface area (Å²) in [5, 5.41) is 13.0. The predicted octanol–water partition coefficient (Wildman–Crippen LogP) is 2.03. The molecule has 0 aliphatic heterocycles. The van der Waals surface area contributed by atoms with Crippen molar-refractivity contribution in [1.29, 1.82) is 0 Å². The summed E-state index contributed by atoms with van der Waals surface area (Å²) in [7, 11) is 0. The first-order valence-electron chi connectivity index (χ1n) is 6.03. The zero-order valence-corrected chi connectivity index (χ0v) is 11.4. The van der Waals surface area contributed by atoms with Gasteiger partial charge >= 0.3 is 0 Å². The van der Waals surface area contributed by atoms with Gasteiger partial charge in [-0.2, -0.15) is 0 Å². The number of fused-ring (bicyclic) bond motifs is 1. The van der Waals surface area contributed by atoms with Gasteiger partial charge in [-0.05, 0) is 12.1 Å². The van der Waals surface area contributed by atoms with Crippen LogP contribution in [-0.4, -0.2) is 35.4 Å². The van der Waals surface area contributed by atoms with Crippen LogP contribution in [0.4, 0.5) is 0 Å². The van der Waals surface area contributed by atoms with Gasteiger partial charge in [0.25, 0.3) is 0 Å². The molecule has 4 nitrogen and oxygen atoms in total. The minimum Gasteiger partial charge on any atom is -0.489 e. The van der Waals surface area contributed by atoms with E-state index in [4.69, 9.17) is 4.74 Å². The quantitative estimate of drug-likeness (QED) is 0.840. The highest BCUT2D eigenvalue weighted by atomic mass is 32.1. The van der Waals surface area contributed by atoms with Crippen molar-refractivity contribution in [3.8, 4) is 5.75 Å². The third-order valence-corrected chi connectivity index (χ3v) is 3.37. The van der Waals surface area contributed by atoms with E-state index in [0.29, 0.717) is 12.6 Å². The van der Waals surface area contributed by atoms with Crippen molar-refractivity contribution in [3.63, 3.8) is 0 Å². The first-order chi connectivity index (χ1) is 8.66. The van der Waals surface area contributed by atoms with E-state index < -0.39 is 6.10 Å². The topological polar surface area (TPSA) is 54.4 Å². The lowest BCUT2D eigenvalue weighted by molar-refractivity contribution is 0.105. The molecule has 1 atom stereocenters. The second-order valence-corrected chi connectivity index (χ2v) is 5.34. The van der Waals surface area contributed by atoms with E-state index in [9.17, 15) is 5.11 Å². The first-order valence-corrected chi connectivity index (χ1v) is 6.91. The molecule has 0 saturated carbocycles. The molecule has 0 radical (unpaired) electrons. The monoisotopic (exact) mass is 266 g/mol. The van der Waals surface area contributed by atoms with Gasteiger partial charge < -0.3 is 15.2 Å². The molecule has 0 spiro atoms. The molecule has 1 heterocycles. The standard InChI is InChI=1S/C13H18N2O2S/c1-9(2)14-6-10(16)7-17-12-5-3-4-11-13(12)18-8-15-11/h3-5,8-10,14,16H,6-7H2,1-2H3. The van der Waals surface area contributed by atoms with Crippen LogP contribution in [0.1, 0.15) is 13.8 Å². The average Bonchev–Trinajstić information content (AvgIpc) is 2.82. The molecule has 5 heteroatoms. The summed E-state index contributed by atoms with van der Waals surface area (Å²) in [4.78, 5) is 4.23. The van der Waals surface area contributed by atoms with Gasteiger partial charge in [0.05, 0.1) is 15.7 Å². The van der Waals surface area contributed by atoms with Gasteiger partial charge in [0.1, 0.15) is 18.5 Å². The molecule has 2 N–H and O–H groups in total. The first kappa shape index (κ1) is 13.3. The minimum absolute atomic E-state index is 0.288. The molecular formula is C13H18N2O2S. The number of benzene rings is 1. The number of thiazole rings is 1. The SMILES string of the molecule is CC(C)NCC(O)COc1cccc2ncsc12. The Morgan fingerprint density at radius 1 is 1.44 bits per heavy atom. The lowest BCUT2D eigenvalue weighted by atomic mass is 10.3. The largest absolute Gasteiger partial charge is 0.489 e. The molecule has 1 unspecified atom stereocenters. The maximum Gasteiger partial charge on any atom is 0.138 e. The molecule has 1 aromatic carbocycles. The molecule has 2 rings (SSSR count). The van der Waals surface area contributed by atoms with E-state index in [1.807, 2.05) is 32.0 Å². The molecule has 1 aromatic heterocycles. The van der Waals surface area contributed by atoms with Crippen molar-refractivity contribution in [2.75, 3.05) is 13.2 Å². The fourth-order valence-corrected chi connectivity index (χ4v) is 2.35. The average molecular weight is 266 g/mol. The van der Waals surface area contributed by atoms with Crippen LogP contribution < -0.4 is 10.1 Å². The van der Waals surface area contributed by atoms with E-state index in [2.05, 4.69) is 10.3 Å². The van der Waals surface area contributed by atoms with Crippen molar-refractivity contribution in [2.45, 2.75) is 26.0 Å². The summed E-state index contributed by atoms with van der Waals surface area (Å²) in [5.74, 6) is 0.790. The highest BCUT2D eigenvalue weighted by Gasteiger charge is 2.08. The molecule has 0 fully saturated rings. The van der Waals surface area contributed by atoms with Crippen LogP contribution in [0.3, 0.4) is 0 Å². The van der Waals surface area contributed by atoms with Crippen LogP contribution in [0.2, 0.25) is 0 Å². The number of rotatable bonds is 6. The van der Waals surface area contributed by atoms with E-state index in [0.717, 1.165) is 16.0 Å². The number of nitrogens with one attached hydrogen (secondary N) is 1. The van der Waals surface area contributed by atoms with Crippen molar-refractivity contribution in [3.05, 3.63) is 23.7 Å². The summed E-state index contributed by atoms with van der Waals surface area (Å²) in [6.45, 7) is 4.92. The van der Waals surface area contributed by atoms with Crippen LogP contribution in [-0.2, 0) is 0 Å². The van der Waals surface area contributed by atoms with Gasteiger partial charge in [-0.25, -0.2) is 4.98 Å². The predicted molar refractivity (Wildman–Crippen MR) is 74.3 cm³/mol. The second kappa shape index (κ2) is 6.13. The molecule has 0 saturated heterocycles. The van der Waals surface area contributed by atoms with E-state index in [1.54, 1.807) is 16.8 Å². The summed E-state index contributed by atoms with van der Waals surface area (Å²) in [6.07, 6.45) is -0.504. The molecule has 0 aliphatic carbocycles. The number of aromatic nitrogens is 1. The number of ether oxygens (including phenoxy) is 1. The van der Waals surface area contributed by atoms with Gasteiger partial charge in [0, 0.05) is 12.6 Å². The van der Waals surface area contributed by atoms with Crippen molar-refractivity contribution in [1.82, 2.24) is 10.3 Å². The number of nitrogens with zero attached hydrogens (tertiary/aromatic N) is 1. The maximum atomic E-state index is 9.78. The molecule has 18 heavy (non-hydrogen) atoms. The van der Waals surface area contributed by atoms with E-state index >= 15 is 0 Å². The van der Waals surface area contributed by atoms with Gasteiger partial charge in [0.15, 0.2) is 0 Å². The summed E-state index contributed by atoms with van der Waals surface area (Å²) >= 11 is 1.55. The molecule has 98 valence electrons. The van der Waals surface area contributed by atoms with E-state index in [-0.39, 0.29) is 6.61 Å². The number of hydrogen-bond acceptors (Lipinski definition) is 5. The Morgan fingerprint density at radius 3 is 3.06 bits per heavy atom. The Bertz CT molecular complexity index is 498. The lowest BCUT2D eigenvalue weighted by Gasteiger charge is -2.15. The smallest absolute Gasteiger partial charge is 0.138 e. The van der Waals surface area contributed by atoms with Gasteiger partial charge in [0.2, 0.25) is 0 Å². The van der Waals surface area contributed by atoms with Crippen molar-refractivity contribution >= 4 is 21.6 Å². The summed E-state index contributed by atoms with van der Waals surface area (Å²) in [6, 6.07) is 6.14. The van der Waals surface area contributed by atoms with Gasteiger partial charge in [-0.15, -0.1) is 11.3 Å². The second-order valence-electron chi connectivity index (χ2n) is 4.48. The Morgan fingerprint density at radius 2 is 2.28 bits per heavy atom. The highest BCUT2D eigenvalue weighted by Crippen LogP contribution is 2.28. The molecular weight excluding hydrogens is 248 g/mol. The maximum absolute atomic E-state index is 9.78. The van der Waals surface area contributed by atoms with Crippen LogP contribution in [0, 0.1) is 0 Å². The Hall–Kier alpha value is -1.17. The summed E-state index contributed by atoms with van der Waals surface area (Å²) < 4.78 is 6.68. The Kier molecular flexibility index (Phi) is 4.52. The van der Waals surface area contributed by atoms with Gasteiger partial charge in [-0.1, -0.05) is 19.9 Å². The zero-order chi connectivity index (χ0) is 13.0. The normalized spacial score (nSPS) is 13.1. The Balaban J connectivity index is 1.91. The van der Waals surface area contributed by atoms with Crippen LogP contribution >= 0.6 is 11.3 Å². The number of hydrogen-bond donors (Lipinski definition) is 2. The number of aliphatic hydroxyl groups excluding tert-OH is 1.